The SMILES string of the molecule is COC(=O)c1ccc(N2CCN(C(=O)[C@H](N)c3ccccc3)CC2)cc1. The van der Waals surface area contributed by atoms with Crippen molar-refractivity contribution < 1.29 is 14.3 Å². The lowest BCUT2D eigenvalue weighted by Gasteiger charge is -2.37. The van der Waals surface area contributed by atoms with Crippen molar-refractivity contribution in [2.45, 2.75) is 6.04 Å². The molecule has 3 rings (SSSR count). The molecule has 0 aliphatic carbocycles. The molecule has 1 aliphatic rings. The van der Waals surface area contributed by atoms with Crippen LogP contribution in [0, 0.1) is 0 Å². The summed E-state index contributed by atoms with van der Waals surface area (Å²) < 4.78 is 4.71. The Labute approximate surface area is 153 Å². The smallest absolute Gasteiger partial charge is 0.337 e. The van der Waals surface area contributed by atoms with Crippen molar-refractivity contribution in [2.75, 3.05) is 38.2 Å². The number of amides is 1. The summed E-state index contributed by atoms with van der Waals surface area (Å²) in [5.41, 5.74) is 8.51. The highest BCUT2D eigenvalue weighted by Crippen LogP contribution is 2.20. The number of hydrogen-bond donors (Lipinski definition) is 1. The van der Waals surface area contributed by atoms with Gasteiger partial charge >= 0.3 is 5.97 Å². The standard InChI is InChI=1S/C20H23N3O3/c1-26-20(25)16-7-9-17(10-8-16)22-11-13-23(14-12-22)19(24)18(21)15-5-3-2-4-6-15/h2-10,18H,11-14,21H2,1H3/t18-/m1/s1. The molecule has 136 valence electrons. The first kappa shape index (κ1) is 17.9. The van der Waals surface area contributed by atoms with Crippen LogP contribution in [0.3, 0.4) is 0 Å². The highest BCUT2D eigenvalue weighted by molar-refractivity contribution is 5.89. The van der Waals surface area contributed by atoms with Crippen LogP contribution in [0.25, 0.3) is 0 Å². The minimum atomic E-state index is -0.623. The fourth-order valence-corrected chi connectivity index (χ4v) is 3.11. The molecule has 6 nitrogen and oxygen atoms in total. The molecule has 1 saturated heterocycles. The van der Waals surface area contributed by atoms with Gasteiger partial charge in [0.25, 0.3) is 0 Å². The van der Waals surface area contributed by atoms with Crippen LogP contribution in [0.2, 0.25) is 0 Å². The Morgan fingerprint density at radius 1 is 0.962 bits per heavy atom. The molecule has 0 spiro atoms. The van der Waals surface area contributed by atoms with Crippen molar-refractivity contribution in [2.24, 2.45) is 5.73 Å². The van der Waals surface area contributed by atoms with Gasteiger partial charge in [-0.15, -0.1) is 0 Å². The summed E-state index contributed by atoms with van der Waals surface area (Å²) in [5, 5.41) is 0. The third-order valence-electron chi connectivity index (χ3n) is 4.67. The third-order valence-corrected chi connectivity index (χ3v) is 4.67. The average molecular weight is 353 g/mol. The molecule has 2 aromatic rings. The van der Waals surface area contributed by atoms with Crippen molar-refractivity contribution in [3.63, 3.8) is 0 Å². The molecule has 6 heteroatoms. The maximum atomic E-state index is 12.6. The summed E-state index contributed by atoms with van der Waals surface area (Å²) in [6, 6.07) is 16.1. The maximum Gasteiger partial charge on any atom is 0.337 e. The lowest BCUT2D eigenvalue weighted by Crippen LogP contribution is -2.51. The Morgan fingerprint density at radius 2 is 1.58 bits per heavy atom. The Kier molecular flexibility index (Phi) is 5.53. The lowest BCUT2D eigenvalue weighted by molar-refractivity contribution is -0.133. The summed E-state index contributed by atoms with van der Waals surface area (Å²) >= 11 is 0. The van der Waals surface area contributed by atoms with E-state index in [1.807, 2.05) is 47.4 Å². The molecule has 1 aliphatic heterocycles. The maximum absolute atomic E-state index is 12.6. The number of methoxy groups -OCH3 is 1. The van der Waals surface area contributed by atoms with Crippen LogP contribution < -0.4 is 10.6 Å². The van der Waals surface area contributed by atoms with E-state index in [0.29, 0.717) is 18.7 Å². The third kappa shape index (κ3) is 3.86. The number of piperazine rings is 1. The van der Waals surface area contributed by atoms with Gasteiger partial charge in [-0.3, -0.25) is 4.79 Å². The predicted octanol–water partition coefficient (Wildman–Crippen LogP) is 1.82. The number of esters is 1. The summed E-state index contributed by atoms with van der Waals surface area (Å²) in [6.45, 7) is 2.70. The van der Waals surface area contributed by atoms with Crippen molar-refractivity contribution in [3.05, 3.63) is 65.7 Å². The molecule has 1 atom stereocenters. The summed E-state index contributed by atoms with van der Waals surface area (Å²) in [4.78, 5) is 28.1. The molecule has 0 unspecified atom stereocenters. The van der Waals surface area contributed by atoms with E-state index >= 15 is 0 Å². The van der Waals surface area contributed by atoms with E-state index in [1.54, 1.807) is 12.1 Å². The quantitative estimate of drug-likeness (QED) is 0.849. The molecule has 1 fully saturated rings. The summed E-state index contributed by atoms with van der Waals surface area (Å²) in [6.07, 6.45) is 0. The van der Waals surface area contributed by atoms with Crippen LogP contribution in [0.5, 0.6) is 0 Å². The van der Waals surface area contributed by atoms with Crippen LogP contribution in [-0.2, 0) is 9.53 Å². The fraction of sp³-hybridized carbons (Fsp3) is 0.300. The number of ether oxygens (including phenoxy) is 1. The molecule has 2 N–H and O–H groups in total. The van der Waals surface area contributed by atoms with Gasteiger partial charge in [0, 0.05) is 31.9 Å². The normalized spacial score (nSPS) is 15.5. The van der Waals surface area contributed by atoms with Crippen molar-refractivity contribution in [1.82, 2.24) is 4.90 Å². The first-order valence-electron chi connectivity index (χ1n) is 8.63. The zero-order valence-electron chi connectivity index (χ0n) is 14.8. The Morgan fingerprint density at radius 3 is 2.15 bits per heavy atom. The van der Waals surface area contributed by atoms with Crippen molar-refractivity contribution in [1.29, 1.82) is 0 Å². The second-order valence-electron chi connectivity index (χ2n) is 6.24. The van der Waals surface area contributed by atoms with E-state index < -0.39 is 6.04 Å². The second kappa shape index (κ2) is 8.01. The largest absolute Gasteiger partial charge is 0.465 e. The van der Waals surface area contributed by atoms with E-state index in [2.05, 4.69) is 4.90 Å². The van der Waals surface area contributed by atoms with Gasteiger partial charge in [0.1, 0.15) is 6.04 Å². The van der Waals surface area contributed by atoms with Gasteiger partial charge in [0.05, 0.1) is 12.7 Å². The highest BCUT2D eigenvalue weighted by Gasteiger charge is 2.26. The molecule has 0 bridgehead atoms. The van der Waals surface area contributed by atoms with Crippen molar-refractivity contribution >= 4 is 17.6 Å². The highest BCUT2D eigenvalue weighted by atomic mass is 16.5. The second-order valence-corrected chi connectivity index (χ2v) is 6.24. The number of carbonyl (C=O) groups is 2. The summed E-state index contributed by atoms with van der Waals surface area (Å²) in [7, 11) is 1.37. The summed E-state index contributed by atoms with van der Waals surface area (Å²) in [5.74, 6) is -0.390. The number of anilines is 1. The Bertz CT molecular complexity index is 754. The number of rotatable bonds is 4. The van der Waals surface area contributed by atoms with Gasteiger partial charge in [-0.05, 0) is 29.8 Å². The molecule has 0 aromatic heterocycles. The van der Waals surface area contributed by atoms with Gasteiger partial charge in [0.2, 0.25) is 5.91 Å². The number of nitrogens with zero attached hydrogens (tertiary/aromatic N) is 2. The Balaban J connectivity index is 1.58. The van der Waals surface area contributed by atoms with Crippen LogP contribution in [-0.4, -0.2) is 50.1 Å². The van der Waals surface area contributed by atoms with E-state index in [4.69, 9.17) is 10.5 Å². The van der Waals surface area contributed by atoms with Gasteiger partial charge in [0.15, 0.2) is 0 Å². The minimum absolute atomic E-state index is 0.0445. The first-order chi connectivity index (χ1) is 12.6. The van der Waals surface area contributed by atoms with Gasteiger partial charge < -0.3 is 20.3 Å². The topological polar surface area (TPSA) is 75.9 Å². The minimum Gasteiger partial charge on any atom is -0.465 e. The van der Waals surface area contributed by atoms with E-state index in [9.17, 15) is 9.59 Å². The van der Waals surface area contributed by atoms with Crippen LogP contribution in [0.4, 0.5) is 5.69 Å². The van der Waals surface area contributed by atoms with E-state index in [1.165, 1.54) is 7.11 Å². The van der Waals surface area contributed by atoms with Crippen molar-refractivity contribution in [3.8, 4) is 0 Å². The lowest BCUT2D eigenvalue weighted by atomic mass is 10.1. The van der Waals surface area contributed by atoms with Gasteiger partial charge in [-0.25, -0.2) is 4.79 Å². The first-order valence-corrected chi connectivity index (χ1v) is 8.63. The number of nitrogens with two attached hydrogens (primary N) is 1. The van der Waals surface area contributed by atoms with Gasteiger partial charge in [-0.1, -0.05) is 30.3 Å². The molecule has 0 saturated carbocycles. The molecule has 0 radical (unpaired) electrons. The van der Waals surface area contributed by atoms with E-state index in [0.717, 1.165) is 24.3 Å². The van der Waals surface area contributed by atoms with Crippen LogP contribution in [0.15, 0.2) is 54.6 Å². The molecular weight excluding hydrogens is 330 g/mol. The molecule has 1 amide bonds. The Hall–Kier alpha value is -2.86. The predicted molar refractivity (Wildman–Crippen MR) is 99.9 cm³/mol. The van der Waals surface area contributed by atoms with E-state index in [-0.39, 0.29) is 11.9 Å². The molecule has 2 aromatic carbocycles. The number of hydrogen-bond acceptors (Lipinski definition) is 5. The monoisotopic (exact) mass is 353 g/mol. The zero-order valence-corrected chi connectivity index (χ0v) is 14.8. The number of carbonyl (C=O) groups excluding carboxylic acids is 2. The average Bonchev–Trinajstić information content (AvgIpc) is 2.73. The molecule has 1 heterocycles. The fourth-order valence-electron chi connectivity index (χ4n) is 3.11. The zero-order chi connectivity index (χ0) is 18.5. The van der Waals surface area contributed by atoms with Crippen LogP contribution in [0.1, 0.15) is 22.0 Å². The molecule has 26 heavy (non-hydrogen) atoms. The van der Waals surface area contributed by atoms with Gasteiger partial charge in [-0.2, -0.15) is 0 Å². The number of benzene rings is 2. The molecular formula is C20H23N3O3. The van der Waals surface area contributed by atoms with Crippen LogP contribution >= 0.6 is 0 Å².